The molecule has 8 nitrogen and oxygen atoms in total. The van der Waals surface area contributed by atoms with Gasteiger partial charge in [-0.3, -0.25) is 9.52 Å². The van der Waals surface area contributed by atoms with Crippen molar-refractivity contribution in [3.8, 4) is 11.5 Å². The van der Waals surface area contributed by atoms with Crippen LogP contribution in [0, 0.1) is 0 Å². The molecule has 0 saturated heterocycles. The zero-order valence-corrected chi connectivity index (χ0v) is 19.9. The van der Waals surface area contributed by atoms with Gasteiger partial charge in [0.15, 0.2) is 11.5 Å². The molecule has 0 aliphatic carbocycles. The summed E-state index contributed by atoms with van der Waals surface area (Å²) in [6.07, 6.45) is 1.54. The Hall–Kier alpha value is -3.85. The lowest BCUT2D eigenvalue weighted by Gasteiger charge is -2.24. The molecule has 0 radical (unpaired) electrons. The fraction of sp³-hybridized carbons (Fsp3) is 0.200. The van der Waals surface area contributed by atoms with E-state index in [4.69, 9.17) is 14.6 Å². The Labute approximate surface area is 198 Å². The minimum absolute atomic E-state index is 0.235. The van der Waals surface area contributed by atoms with Crippen molar-refractivity contribution in [1.82, 2.24) is 5.01 Å². The van der Waals surface area contributed by atoms with Crippen molar-refractivity contribution >= 4 is 27.3 Å². The maximum Gasteiger partial charge on any atom is 0.274 e. The van der Waals surface area contributed by atoms with E-state index in [1.807, 2.05) is 30.3 Å². The number of benzene rings is 3. The van der Waals surface area contributed by atoms with Gasteiger partial charge in [0.05, 0.1) is 32.2 Å². The van der Waals surface area contributed by atoms with Gasteiger partial charge < -0.3 is 9.47 Å². The molecule has 0 fully saturated rings. The third kappa shape index (κ3) is 4.89. The number of carbonyl (C=O) groups excluding carboxylic acids is 1. The fourth-order valence-corrected chi connectivity index (χ4v) is 4.51. The highest BCUT2D eigenvalue weighted by atomic mass is 32.2. The number of anilines is 1. The Bertz CT molecular complexity index is 1320. The number of ether oxygens (including phenoxy) is 2. The molecule has 3 aromatic rings. The van der Waals surface area contributed by atoms with Gasteiger partial charge in [-0.2, -0.15) is 5.10 Å². The molecule has 176 valence electrons. The predicted octanol–water partition coefficient (Wildman–Crippen LogP) is 4.07. The monoisotopic (exact) mass is 479 g/mol. The summed E-state index contributed by atoms with van der Waals surface area (Å²) in [6, 6.07) is 21.0. The number of nitrogens with one attached hydrogen (secondary N) is 1. The molecule has 1 atom stereocenters. The largest absolute Gasteiger partial charge is 0.493 e. The summed E-state index contributed by atoms with van der Waals surface area (Å²) in [6.45, 7) is 0. The number of hydrogen-bond donors (Lipinski definition) is 1. The van der Waals surface area contributed by atoms with E-state index in [2.05, 4.69) is 4.72 Å². The summed E-state index contributed by atoms with van der Waals surface area (Å²) in [5.74, 6) is 0.877. The Morgan fingerprint density at radius 3 is 2.29 bits per heavy atom. The summed E-state index contributed by atoms with van der Waals surface area (Å²) in [5, 5.41) is 6.17. The van der Waals surface area contributed by atoms with E-state index in [-0.39, 0.29) is 5.91 Å². The Balaban J connectivity index is 1.74. The van der Waals surface area contributed by atoms with Crippen molar-refractivity contribution in [2.24, 2.45) is 5.10 Å². The van der Waals surface area contributed by atoms with Gasteiger partial charge in [0.25, 0.3) is 5.91 Å². The number of para-hydroxylation sites is 1. The molecule has 1 amide bonds. The number of hydrogen-bond acceptors (Lipinski definition) is 6. The first-order valence-corrected chi connectivity index (χ1v) is 12.4. The highest BCUT2D eigenvalue weighted by molar-refractivity contribution is 7.92. The Kier molecular flexibility index (Phi) is 6.56. The van der Waals surface area contributed by atoms with E-state index in [1.54, 1.807) is 56.7 Å². The third-order valence-electron chi connectivity index (χ3n) is 5.45. The van der Waals surface area contributed by atoms with Gasteiger partial charge in [-0.05, 0) is 35.9 Å². The maximum atomic E-state index is 13.4. The van der Waals surface area contributed by atoms with E-state index in [9.17, 15) is 13.2 Å². The van der Waals surface area contributed by atoms with Gasteiger partial charge in [-0.1, -0.05) is 42.5 Å². The van der Waals surface area contributed by atoms with Gasteiger partial charge in [-0.25, -0.2) is 13.4 Å². The van der Waals surface area contributed by atoms with Crippen LogP contribution in [-0.2, 0) is 10.0 Å². The van der Waals surface area contributed by atoms with Crippen molar-refractivity contribution in [2.75, 3.05) is 25.2 Å². The molecule has 4 rings (SSSR count). The van der Waals surface area contributed by atoms with Crippen LogP contribution in [0.5, 0.6) is 11.5 Å². The lowest BCUT2D eigenvalue weighted by molar-refractivity contribution is 0.0709. The van der Waals surface area contributed by atoms with Crippen molar-refractivity contribution < 1.29 is 22.7 Å². The molecule has 0 saturated carbocycles. The highest BCUT2D eigenvalue weighted by Crippen LogP contribution is 2.42. The van der Waals surface area contributed by atoms with Gasteiger partial charge >= 0.3 is 0 Å². The van der Waals surface area contributed by atoms with Crippen molar-refractivity contribution in [2.45, 2.75) is 12.5 Å². The maximum absolute atomic E-state index is 13.4. The van der Waals surface area contributed by atoms with E-state index >= 15 is 0 Å². The second-order valence-corrected chi connectivity index (χ2v) is 9.57. The Morgan fingerprint density at radius 1 is 0.971 bits per heavy atom. The van der Waals surface area contributed by atoms with Crippen LogP contribution in [0.2, 0.25) is 0 Å². The molecule has 0 aromatic heterocycles. The van der Waals surface area contributed by atoms with Crippen LogP contribution < -0.4 is 14.2 Å². The SMILES string of the molecule is COc1cccc([C@@H]2CC(c3ccc(NS(C)(=O)=O)cc3)=NN2C(=O)c2ccccc2)c1OC. The summed E-state index contributed by atoms with van der Waals surface area (Å²) < 4.78 is 36.6. The molecule has 9 heteroatoms. The first-order chi connectivity index (χ1) is 16.3. The molecule has 0 unspecified atom stereocenters. The second-order valence-electron chi connectivity index (χ2n) is 7.82. The molecule has 1 heterocycles. The number of sulfonamides is 1. The lowest BCUT2D eigenvalue weighted by Crippen LogP contribution is -2.27. The summed E-state index contributed by atoms with van der Waals surface area (Å²) in [5.41, 5.74) is 3.24. The van der Waals surface area contributed by atoms with E-state index in [1.165, 1.54) is 5.01 Å². The molecule has 3 aromatic carbocycles. The van der Waals surface area contributed by atoms with E-state index in [0.29, 0.717) is 34.9 Å². The van der Waals surface area contributed by atoms with Crippen LogP contribution in [-0.4, -0.2) is 45.5 Å². The number of hydrazone groups is 1. The number of carbonyl (C=O) groups is 1. The van der Waals surface area contributed by atoms with Gasteiger partial charge in [0.2, 0.25) is 10.0 Å². The molecule has 0 spiro atoms. The Morgan fingerprint density at radius 2 is 1.68 bits per heavy atom. The second kappa shape index (κ2) is 9.56. The van der Waals surface area contributed by atoms with Gasteiger partial charge in [-0.15, -0.1) is 0 Å². The lowest BCUT2D eigenvalue weighted by atomic mass is 9.97. The van der Waals surface area contributed by atoms with Crippen LogP contribution in [0.1, 0.15) is 33.9 Å². The molecular formula is C25H25N3O5S. The minimum atomic E-state index is -3.38. The molecule has 1 aliphatic heterocycles. The van der Waals surface area contributed by atoms with Crippen molar-refractivity contribution in [3.63, 3.8) is 0 Å². The molecule has 1 N–H and O–H groups in total. The van der Waals surface area contributed by atoms with Crippen LogP contribution in [0.25, 0.3) is 0 Å². The van der Waals surface area contributed by atoms with Crippen LogP contribution in [0.15, 0.2) is 77.9 Å². The average Bonchev–Trinajstić information content (AvgIpc) is 3.28. The van der Waals surface area contributed by atoms with Crippen LogP contribution in [0.3, 0.4) is 0 Å². The van der Waals surface area contributed by atoms with Gasteiger partial charge in [0, 0.05) is 23.2 Å². The van der Waals surface area contributed by atoms with Crippen molar-refractivity contribution in [3.05, 3.63) is 89.5 Å². The summed E-state index contributed by atoms with van der Waals surface area (Å²) in [4.78, 5) is 13.4. The quantitative estimate of drug-likeness (QED) is 0.551. The van der Waals surface area contributed by atoms with Crippen molar-refractivity contribution in [1.29, 1.82) is 0 Å². The highest BCUT2D eigenvalue weighted by Gasteiger charge is 2.36. The molecule has 1 aliphatic rings. The normalized spacial score (nSPS) is 15.6. The van der Waals surface area contributed by atoms with Crippen LogP contribution in [0.4, 0.5) is 5.69 Å². The predicted molar refractivity (Wildman–Crippen MR) is 131 cm³/mol. The number of methoxy groups -OCH3 is 2. The average molecular weight is 480 g/mol. The topological polar surface area (TPSA) is 97.3 Å². The number of rotatable bonds is 7. The summed E-state index contributed by atoms with van der Waals surface area (Å²) >= 11 is 0. The van der Waals surface area contributed by atoms with E-state index < -0.39 is 16.1 Å². The zero-order valence-electron chi connectivity index (χ0n) is 19.1. The van der Waals surface area contributed by atoms with Crippen LogP contribution >= 0.6 is 0 Å². The summed E-state index contributed by atoms with van der Waals surface area (Å²) in [7, 11) is -0.247. The number of amides is 1. The first kappa shape index (κ1) is 23.3. The fourth-order valence-electron chi connectivity index (χ4n) is 3.95. The standard InChI is InChI=1S/C25H25N3O5S/c1-32-23-11-7-10-20(24(23)33-2)22-16-21(17-12-14-19(15-13-17)27-34(3,30)31)26-28(22)25(29)18-8-5-4-6-9-18/h4-15,22,27H,16H2,1-3H3/t22-/m0/s1. The minimum Gasteiger partial charge on any atom is -0.493 e. The van der Waals surface area contributed by atoms with Gasteiger partial charge in [0.1, 0.15) is 0 Å². The van der Waals surface area contributed by atoms with E-state index in [0.717, 1.165) is 17.4 Å². The smallest absolute Gasteiger partial charge is 0.274 e. The zero-order chi connectivity index (χ0) is 24.3. The third-order valence-corrected chi connectivity index (χ3v) is 6.06. The number of nitrogens with zero attached hydrogens (tertiary/aromatic N) is 2. The molecule has 0 bridgehead atoms. The molecule has 34 heavy (non-hydrogen) atoms. The molecular weight excluding hydrogens is 454 g/mol. The first-order valence-electron chi connectivity index (χ1n) is 10.6.